The van der Waals surface area contributed by atoms with E-state index in [0.29, 0.717) is 0 Å². The maximum atomic E-state index is 12.1. The topological polar surface area (TPSA) is 30.5 Å². The van der Waals surface area contributed by atoms with E-state index < -0.39 is 6.61 Å². The zero-order valence-corrected chi connectivity index (χ0v) is 12.2. The van der Waals surface area contributed by atoms with Crippen molar-refractivity contribution in [1.29, 1.82) is 0 Å². The van der Waals surface area contributed by atoms with E-state index in [2.05, 4.69) is 10.1 Å². The van der Waals surface area contributed by atoms with Crippen molar-refractivity contribution in [2.45, 2.75) is 51.6 Å². The van der Waals surface area contributed by atoms with E-state index in [9.17, 15) is 8.78 Å². The van der Waals surface area contributed by atoms with Crippen LogP contribution in [0.5, 0.6) is 5.75 Å². The summed E-state index contributed by atoms with van der Waals surface area (Å²) in [5.74, 6) is -0.0130. The lowest BCUT2D eigenvalue weighted by atomic mass is 9.99. The Kier molecular flexibility index (Phi) is 5.05. The summed E-state index contributed by atoms with van der Waals surface area (Å²) in [7, 11) is 0. The lowest BCUT2D eigenvalue weighted by Gasteiger charge is -2.33. The highest BCUT2D eigenvalue weighted by Gasteiger charge is 2.24. The Hall–Kier alpha value is -1.07. The number of rotatable bonds is 4. The summed E-state index contributed by atoms with van der Waals surface area (Å²) in [6, 6.07) is 5.02. The van der Waals surface area contributed by atoms with Gasteiger partial charge in [0, 0.05) is 11.7 Å². The van der Waals surface area contributed by atoms with Crippen LogP contribution in [0.4, 0.5) is 14.5 Å². The number of halogens is 3. The Bertz CT molecular complexity index is 449. The molecule has 2 atom stereocenters. The van der Waals surface area contributed by atoms with Crippen LogP contribution in [0.2, 0.25) is 5.02 Å². The van der Waals surface area contributed by atoms with Gasteiger partial charge in [0.05, 0.1) is 17.2 Å². The maximum Gasteiger partial charge on any atom is 0.387 e. The number of nitrogens with one attached hydrogen (secondary N) is 1. The number of anilines is 1. The second-order valence-electron chi connectivity index (χ2n) is 5.09. The van der Waals surface area contributed by atoms with Gasteiger partial charge in [0.25, 0.3) is 0 Å². The molecule has 2 rings (SSSR count). The van der Waals surface area contributed by atoms with Crippen molar-refractivity contribution < 1.29 is 18.3 Å². The molecule has 1 fully saturated rings. The first kappa shape index (κ1) is 15.3. The van der Waals surface area contributed by atoms with Gasteiger partial charge in [-0.15, -0.1) is 0 Å². The van der Waals surface area contributed by atoms with Gasteiger partial charge in [-0.25, -0.2) is 0 Å². The second kappa shape index (κ2) is 6.59. The van der Waals surface area contributed by atoms with Gasteiger partial charge in [0.2, 0.25) is 0 Å². The summed E-state index contributed by atoms with van der Waals surface area (Å²) in [4.78, 5) is 0. The van der Waals surface area contributed by atoms with E-state index in [4.69, 9.17) is 16.3 Å². The van der Waals surface area contributed by atoms with E-state index >= 15 is 0 Å². The van der Waals surface area contributed by atoms with Crippen molar-refractivity contribution in [3.8, 4) is 5.75 Å². The Balaban J connectivity index is 2.01. The summed E-state index contributed by atoms with van der Waals surface area (Å²) in [5.41, 5.74) is 0.794. The van der Waals surface area contributed by atoms with Crippen molar-refractivity contribution in [3.63, 3.8) is 0 Å². The standard InChI is InChI=1S/C14H18ClF2NO2/c1-8-5-11(6-9(2)19-8)18-10-3-4-13(12(15)7-10)20-14(16)17/h3-4,7-9,11,14,18H,5-6H2,1-2H3. The van der Waals surface area contributed by atoms with Crippen molar-refractivity contribution in [2.24, 2.45) is 0 Å². The zero-order valence-electron chi connectivity index (χ0n) is 11.4. The van der Waals surface area contributed by atoms with Crippen LogP contribution in [0.15, 0.2) is 18.2 Å². The first-order valence-electron chi connectivity index (χ1n) is 6.60. The fourth-order valence-electron chi connectivity index (χ4n) is 2.54. The van der Waals surface area contributed by atoms with E-state index in [1.165, 1.54) is 6.07 Å². The molecular formula is C14H18ClF2NO2. The van der Waals surface area contributed by atoms with E-state index in [0.717, 1.165) is 18.5 Å². The lowest BCUT2D eigenvalue weighted by Crippen LogP contribution is -2.36. The average molecular weight is 306 g/mol. The quantitative estimate of drug-likeness (QED) is 0.899. The molecule has 1 saturated heterocycles. The number of benzene rings is 1. The average Bonchev–Trinajstić information content (AvgIpc) is 2.31. The SMILES string of the molecule is CC1CC(Nc2ccc(OC(F)F)c(Cl)c2)CC(C)O1. The Morgan fingerprint density at radius 2 is 1.95 bits per heavy atom. The summed E-state index contributed by atoms with van der Waals surface area (Å²) in [6.07, 6.45) is 2.20. The van der Waals surface area contributed by atoms with Crippen molar-refractivity contribution >= 4 is 17.3 Å². The first-order valence-corrected chi connectivity index (χ1v) is 6.98. The second-order valence-corrected chi connectivity index (χ2v) is 5.50. The van der Waals surface area contributed by atoms with Crippen LogP contribution in [0.25, 0.3) is 0 Å². The summed E-state index contributed by atoms with van der Waals surface area (Å²) in [6.45, 7) is 1.21. The molecule has 0 aromatic heterocycles. The van der Waals surface area contributed by atoms with Crippen LogP contribution in [-0.4, -0.2) is 24.9 Å². The monoisotopic (exact) mass is 305 g/mol. The number of ether oxygens (including phenoxy) is 2. The minimum Gasteiger partial charge on any atom is -0.433 e. The molecule has 1 N–H and O–H groups in total. The molecule has 112 valence electrons. The molecule has 1 aromatic rings. The van der Waals surface area contributed by atoms with Gasteiger partial charge in [0.1, 0.15) is 5.75 Å². The number of alkyl halides is 2. The third kappa shape index (κ3) is 4.21. The third-order valence-corrected chi connectivity index (χ3v) is 3.51. The minimum atomic E-state index is -2.87. The highest BCUT2D eigenvalue weighted by molar-refractivity contribution is 6.32. The summed E-state index contributed by atoms with van der Waals surface area (Å²) >= 11 is 5.93. The van der Waals surface area contributed by atoms with E-state index in [1.54, 1.807) is 12.1 Å². The molecule has 0 aliphatic carbocycles. The van der Waals surface area contributed by atoms with Gasteiger partial charge >= 0.3 is 6.61 Å². The van der Waals surface area contributed by atoms with Gasteiger partial charge in [-0.3, -0.25) is 0 Å². The van der Waals surface area contributed by atoms with Crippen molar-refractivity contribution in [2.75, 3.05) is 5.32 Å². The molecule has 0 amide bonds. The number of hydrogen-bond acceptors (Lipinski definition) is 3. The van der Waals surface area contributed by atoms with Crippen LogP contribution >= 0.6 is 11.6 Å². The zero-order chi connectivity index (χ0) is 14.7. The molecule has 0 radical (unpaired) electrons. The van der Waals surface area contributed by atoms with Crippen LogP contribution in [0, 0.1) is 0 Å². The Morgan fingerprint density at radius 3 is 2.50 bits per heavy atom. The van der Waals surface area contributed by atoms with Gasteiger partial charge in [0.15, 0.2) is 0 Å². The molecule has 0 spiro atoms. The fraction of sp³-hybridized carbons (Fsp3) is 0.571. The maximum absolute atomic E-state index is 12.1. The molecule has 3 nitrogen and oxygen atoms in total. The molecule has 1 aliphatic rings. The summed E-state index contributed by atoms with van der Waals surface area (Å²) < 4.78 is 34.3. The molecule has 0 bridgehead atoms. The molecule has 6 heteroatoms. The van der Waals surface area contributed by atoms with Crippen LogP contribution in [-0.2, 0) is 4.74 Å². The van der Waals surface area contributed by atoms with Crippen LogP contribution in [0.1, 0.15) is 26.7 Å². The highest BCUT2D eigenvalue weighted by Crippen LogP contribution is 2.30. The predicted molar refractivity (Wildman–Crippen MR) is 74.7 cm³/mol. The van der Waals surface area contributed by atoms with Crippen LogP contribution in [0.3, 0.4) is 0 Å². The molecule has 2 unspecified atom stereocenters. The van der Waals surface area contributed by atoms with Gasteiger partial charge in [-0.1, -0.05) is 11.6 Å². The van der Waals surface area contributed by atoms with Crippen LogP contribution < -0.4 is 10.1 Å². The molecule has 20 heavy (non-hydrogen) atoms. The largest absolute Gasteiger partial charge is 0.433 e. The van der Waals surface area contributed by atoms with Gasteiger partial charge in [-0.05, 0) is 44.9 Å². The molecule has 0 saturated carbocycles. The van der Waals surface area contributed by atoms with Crippen molar-refractivity contribution in [1.82, 2.24) is 0 Å². The minimum absolute atomic E-state index is 0.0130. The lowest BCUT2D eigenvalue weighted by molar-refractivity contribution is -0.0498. The first-order chi connectivity index (χ1) is 9.44. The highest BCUT2D eigenvalue weighted by atomic mass is 35.5. The Morgan fingerprint density at radius 1 is 1.30 bits per heavy atom. The van der Waals surface area contributed by atoms with Gasteiger partial charge in [-0.2, -0.15) is 8.78 Å². The molecule has 1 aromatic carbocycles. The van der Waals surface area contributed by atoms with E-state index in [1.807, 2.05) is 13.8 Å². The normalized spacial score (nSPS) is 26.6. The molecule has 1 aliphatic heterocycles. The third-order valence-electron chi connectivity index (χ3n) is 3.22. The smallest absolute Gasteiger partial charge is 0.387 e. The molecular weight excluding hydrogens is 288 g/mol. The molecule has 1 heterocycles. The predicted octanol–water partition coefficient (Wildman–Crippen LogP) is 4.31. The van der Waals surface area contributed by atoms with E-state index in [-0.39, 0.29) is 29.0 Å². The van der Waals surface area contributed by atoms with Gasteiger partial charge < -0.3 is 14.8 Å². The summed E-state index contributed by atoms with van der Waals surface area (Å²) in [5, 5.41) is 3.53. The fourth-order valence-corrected chi connectivity index (χ4v) is 2.77. The van der Waals surface area contributed by atoms with Crippen molar-refractivity contribution in [3.05, 3.63) is 23.2 Å². The Labute approximate surface area is 122 Å². The number of hydrogen-bond donors (Lipinski definition) is 1.